The lowest BCUT2D eigenvalue weighted by atomic mass is 9.98. The SMILES string of the molecule is Cc1coc(-c2cc(-c3ncco3)cc(C(N)=O)c2C)n1. The van der Waals surface area contributed by atoms with Gasteiger partial charge in [0.25, 0.3) is 0 Å². The monoisotopic (exact) mass is 283 g/mol. The molecule has 2 N–H and O–H groups in total. The fraction of sp³-hybridized carbons (Fsp3) is 0.133. The van der Waals surface area contributed by atoms with Crippen LogP contribution in [-0.2, 0) is 0 Å². The second-order valence-electron chi connectivity index (χ2n) is 4.69. The van der Waals surface area contributed by atoms with Crippen LogP contribution >= 0.6 is 0 Å². The molecule has 0 atom stereocenters. The Morgan fingerprint density at radius 3 is 2.57 bits per heavy atom. The van der Waals surface area contributed by atoms with E-state index in [0.29, 0.717) is 34.0 Å². The lowest BCUT2D eigenvalue weighted by Crippen LogP contribution is -2.13. The molecule has 0 aliphatic carbocycles. The van der Waals surface area contributed by atoms with Gasteiger partial charge in [-0.15, -0.1) is 0 Å². The molecule has 0 radical (unpaired) electrons. The minimum atomic E-state index is -0.523. The van der Waals surface area contributed by atoms with Gasteiger partial charge in [-0.3, -0.25) is 4.79 Å². The average Bonchev–Trinajstić information content (AvgIpc) is 3.10. The van der Waals surface area contributed by atoms with Gasteiger partial charge in [0, 0.05) is 16.7 Å². The summed E-state index contributed by atoms with van der Waals surface area (Å²) in [5, 5.41) is 0. The van der Waals surface area contributed by atoms with Gasteiger partial charge in [0.2, 0.25) is 17.7 Å². The Morgan fingerprint density at radius 2 is 2.00 bits per heavy atom. The summed E-state index contributed by atoms with van der Waals surface area (Å²) in [5.41, 5.74) is 8.63. The third kappa shape index (κ3) is 2.31. The van der Waals surface area contributed by atoms with E-state index in [-0.39, 0.29) is 0 Å². The molecule has 6 heteroatoms. The fourth-order valence-corrected chi connectivity index (χ4v) is 2.16. The number of benzene rings is 1. The first-order valence-electron chi connectivity index (χ1n) is 6.33. The number of amides is 1. The van der Waals surface area contributed by atoms with Crippen molar-refractivity contribution >= 4 is 5.91 Å². The highest BCUT2D eigenvalue weighted by atomic mass is 16.3. The van der Waals surface area contributed by atoms with Crippen LogP contribution in [0.2, 0.25) is 0 Å². The Balaban J connectivity index is 2.25. The van der Waals surface area contributed by atoms with Crippen LogP contribution in [0.1, 0.15) is 21.6 Å². The van der Waals surface area contributed by atoms with Crippen LogP contribution in [0.4, 0.5) is 0 Å². The summed E-state index contributed by atoms with van der Waals surface area (Å²) in [4.78, 5) is 20.0. The lowest BCUT2D eigenvalue weighted by molar-refractivity contribution is 0.1000. The molecule has 3 aromatic rings. The Hall–Kier alpha value is -2.89. The molecule has 1 amide bonds. The van der Waals surface area contributed by atoms with Crippen molar-refractivity contribution in [3.8, 4) is 22.9 Å². The standard InChI is InChI=1S/C15H13N3O3/c1-8-7-21-15(18-8)12-6-10(14-17-3-4-20-14)5-11(9(12)2)13(16)19/h3-7H,1-2H3,(H2,16,19). The van der Waals surface area contributed by atoms with E-state index in [4.69, 9.17) is 14.6 Å². The van der Waals surface area contributed by atoms with Gasteiger partial charge in [-0.1, -0.05) is 0 Å². The molecule has 0 spiro atoms. The van der Waals surface area contributed by atoms with E-state index >= 15 is 0 Å². The number of aryl methyl sites for hydroxylation is 1. The highest BCUT2D eigenvalue weighted by molar-refractivity contribution is 5.97. The number of hydrogen-bond donors (Lipinski definition) is 1. The largest absolute Gasteiger partial charge is 0.445 e. The van der Waals surface area contributed by atoms with E-state index in [2.05, 4.69) is 9.97 Å². The molecule has 0 bridgehead atoms. The number of nitrogens with zero attached hydrogens (tertiary/aromatic N) is 2. The van der Waals surface area contributed by atoms with Gasteiger partial charge in [-0.05, 0) is 31.5 Å². The van der Waals surface area contributed by atoms with Gasteiger partial charge in [0.1, 0.15) is 12.5 Å². The summed E-state index contributed by atoms with van der Waals surface area (Å²) in [7, 11) is 0. The van der Waals surface area contributed by atoms with Crippen LogP contribution in [-0.4, -0.2) is 15.9 Å². The number of carbonyl (C=O) groups excluding carboxylic acids is 1. The summed E-state index contributed by atoms with van der Waals surface area (Å²) < 4.78 is 10.7. The normalized spacial score (nSPS) is 10.8. The molecule has 0 unspecified atom stereocenters. The van der Waals surface area contributed by atoms with E-state index < -0.39 is 5.91 Å². The van der Waals surface area contributed by atoms with Crippen LogP contribution < -0.4 is 5.73 Å². The third-order valence-electron chi connectivity index (χ3n) is 3.20. The third-order valence-corrected chi connectivity index (χ3v) is 3.20. The van der Waals surface area contributed by atoms with Gasteiger partial charge in [-0.25, -0.2) is 9.97 Å². The molecule has 6 nitrogen and oxygen atoms in total. The van der Waals surface area contributed by atoms with Gasteiger partial charge in [-0.2, -0.15) is 0 Å². The molecular weight excluding hydrogens is 270 g/mol. The first kappa shape index (κ1) is 13.1. The van der Waals surface area contributed by atoms with E-state index in [1.807, 2.05) is 13.0 Å². The van der Waals surface area contributed by atoms with E-state index in [1.165, 1.54) is 12.5 Å². The van der Waals surface area contributed by atoms with Gasteiger partial charge in [0.05, 0.1) is 11.9 Å². The number of nitrogens with two attached hydrogens (primary N) is 1. The van der Waals surface area contributed by atoms with E-state index in [1.54, 1.807) is 19.3 Å². The molecule has 2 heterocycles. The van der Waals surface area contributed by atoms with Gasteiger partial charge in [0.15, 0.2) is 0 Å². The summed E-state index contributed by atoms with van der Waals surface area (Å²) in [6.07, 6.45) is 4.55. The maximum atomic E-state index is 11.7. The molecule has 0 saturated carbocycles. The molecule has 0 saturated heterocycles. The molecule has 1 aromatic carbocycles. The zero-order valence-electron chi connectivity index (χ0n) is 11.6. The van der Waals surface area contributed by atoms with E-state index in [9.17, 15) is 4.79 Å². The number of rotatable bonds is 3. The highest BCUT2D eigenvalue weighted by Crippen LogP contribution is 2.31. The molecular formula is C15H13N3O3. The summed E-state index contributed by atoms with van der Waals surface area (Å²) in [5.74, 6) is 0.313. The predicted molar refractivity (Wildman–Crippen MR) is 75.4 cm³/mol. The number of aromatic nitrogens is 2. The Kier molecular flexibility index (Phi) is 3.06. The van der Waals surface area contributed by atoms with Crippen molar-refractivity contribution in [2.75, 3.05) is 0 Å². The summed E-state index contributed by atoms with van der Waals surface area (Å²) in [6, 6.07) is 3.47. The quantitative estimate of drug-likeness (QED) is 0.797. The second-order valence-corrected chi connectivity index (χ2v) is 4.69. The van der Waals surface area contributed by atoms with Crippen molar-refractivity contribution in [2.45, 2.75) is 13.8 Å². The average molecular weight is 283 g/mol. The molecule has 21 heavy (non-hydrogen) atoms. The van der Waals surface area contributed by atoms with Crippen LogP contribution in [0.15, 0.2) is 39.7 Å². The van der Waals surface area contributed by atoms with Crippen LogP contribution in [0.25, 0.3) is 22.9 Å². The van der Waals surface area contributed by atoms with Crippen LogP contribution in [0.5, 0.6) is 0 Å². The van der Waals surface area contributed by atoms with Crippen molar-refractivity contribution in [3.05, 3.63) is 47.7 Å². The van der Waals surface area contributed by atoms with E-state index in [0.717, 1.165) is 5.69 Å². The topological polar surface area (TPSA) is 95.1 Å². The zero-order valence-corrected chi connectivity index (χ0v) is 11.6. The molecule has 0 aliphatic rings. The zero-order chi connectivity index (χ0) is 15.0. The van der Waals surface area contributed by atoms with Gasteiger partial charge >= 0.3 is 0 Å². The molecule has 3 rings (SSSR count). The first-order chi connectivity index (χ1) is 10.1. The van der Waals surface area contributed by atoms with Crippen molar-refractivity contribution in [1.29, 1.82) is 0 Å². The maximum Gasteiger partial charge on any atom is 0.249 e. The van der Waals surface area contributed by atoms with Crippen LogP contribution in [0, 0.1) is 13.8 Å². The minimum Gasteiger partial charge on any atom is -0.445 e. The van der Waals surface area contributed by atoms with Crippen LogP contribution in [0.3, 0.4) is 0 Å². The molecule has 2 aromatic heterocycles. The predicted octanol–water partition coefficient (Wildman–Crippen LogP) is 2.71. The highest BCUT2D eigenvalue weighted by Gasteiger charge is 2.18. The van der Waals surface area contributed by atoms with Crippen molar-refractivity contribution < 1.29 is 13.6 Å². The minimum absolute atomic E-state index is 0.386. The number of carbonyl (C=O) groups is 1. The van der Waals surface area contributed by atoms with Gasteiger partial charge < -0.3 is 14.6 Å². The Morgan fingerprint density at radius 1 is 1.19 bits per heavy atom. The van der Waals surface area contributed by atoms with Crippen molar-refractivity contribution in [2.24, 2.45) is 5.73 Å². The van der Waals surface area contributed by atoms with Crippen molar-refractivity contribution in [3.63, 3.8) is 0 Å². The summed E-state index contributed by atoms with van der Waals surface area (Å²) >= 11 is 0. The second kappa shape index (κ2) is 4.90. The molecule has 0 fully saturated rings. The Bertz CT molecular complexity index is 804. The fourth-order valence-electron chi connectivity index (χ4n) is 2.16. The molecule has 106 valence electrons. The summed E-state index contributed by atoms with van der Waals surface area (Å²) in [6.45, 7) is 3.63. The lowest BCUT2D eigenvalue weighted by Gasteiger charge is -2.09. The smallest absolute Gasteiger partial charge is 0.249 e. The number of oxazole rings is 2. The Labute approximate surface area is 120 Å². The number of primary amides is 1. The maximum absolute atomic E-state index is 11.7. The molecule has 0 aliphatic heterocycles. The number of hydrogen-bond acceptors (Lipinski definition) is 5. The first-order valence-corrected chi connectivity index (χ1v) is 6.33. The van der Waals surface area contributed by atoms with Crippen molar-refractivity contribution in [1.82, 2.24) is 9.97 Å².